The lowest BCUT2D eigenvalue weighted by molar-refractivity contribution is 0.726. The Balaban J connectivity index is 2.28. The maximum Gasteiger partial charge on any atom is 0.0689 e. The first kappa shape index (κ1) is 11.6. The number of nitrogens with zero attached hydrogens (tertiary/aromatic N) is 1. The minimum Gasteiger partial charge on any atom is -0.398 e. The van der Waals surface area contributed by atoms with E-state index in [9.17, 15) is 0 Å². The van der Waals surface area contributed by atoms with E-state index >= 15 is 0 Å². The molecule has 2 nitrogen and oxygen atoms in total. The Morgan fingerprint density at radius 1 is 1.12 bits per heavy atom. The van der Waals surface area contributed by atoms with Gasteiger partial charge in [0.1, 0.15) is 0 Å². The third-order valence-electron chi connectivity index (χ3n) is 3.35. The molecular formula is C13H19ClN2. The largest absolute Gasteiger partial charge is 0.398 e. The zero-order valence-electron chi connectivity index (χ0n) is 9.80. The summed E-state index contributed by atoms with van der Waals surface area (Å²) in [6, 6.07) is 4.01. The van der Waals surface area contributed by atoms with E-state index in [-0.39, 0.29) is 0 Å². The van der Waals surface area contributed by atoms with Crippen LogP contribution in [0.1, 0.15) is 31.2 Å². The molecule has 1 aromatic carbocycles. The summed E-state index contributed by atoms with van der Waals surface area (Å²) in [5.41, 5.74) is 8.78. The average Bonchev–Trinajstić information content (AvgIpc) is 2.55. The van der Waals surface area contributed by atoms with Gasteiger partial charge < -0.3 is 10.6 Å². The Morgan fingerprint density at radius 2 is 1.75 bits per heavy atom. The van der Waals surface area contributed by atoms with Crippen LogP contribution in [0.3, 0.4) is 0 Å². The molecule has 0 atom stereocenters. The molecule has 0 saturated carbocycles. The second kappa shape index (κ2) is 4.96. The maximum atomic E-state index is 6.36. The lowest BCUT2D eigenvalue weighted by atomic mass is 10.1. The zero-order valence-corrected chi connectivity index (χ0v) is 10.6. The fourth-order valence-corrected chi connectivity index (χ4v) is 2.53. The van der Waals surface area contributed by atoms with Gasteiger partial charge in [-0.15, -0.1) is 0 Å². The van der Waals surface area contributed by atoms with E-state index in [2.05, 4.69) is 11.0 Å². The Bertz CT molecular complexity index is 368. The van der Waals surface area contributed by atoms with Gasteiger partial charge in [-0.2, -0.15) is 0 Å². The maximum absolute atomic E-state index is 6.36. The highest BCUT2D eigenvalue weighted by Gasteiger charge is 2.14. The Labute approximate surface area is 102 Å². The van der Waals surface area contributed by atoms with E-state index < -0.39 is 0 Å². The van der Waals surface area contributed by atoms with Crippen molar-refractivity contribution in [3.63, 3.8) is 0 Å². The number of hydrogen-bond donors (Lipinski definition) is 1. The first-order chi connectivity index (χ1) is 7.70. The van der Waals surface area contributed by atoms with Crippen LogP contribution in [-0.2, 0) is 0 Å². The minimum atomic E-state index is 0.781. The van der Waals surface area contributed by atoms with E-state index in [0.29, 0.717) is 0 Å². The first-order valence-electron chi connectivity index (χ1n) is 5.99. The van der Waals surface area contributed by atoms with Crippen LogP contribution in [0.15, 0.2) is 12.1 Å². The topological polar surface area (TPSA) is 29.3 Å². The fourth-order valence-electron chi connectivity index (χ4n) is 2.24. The molecule has 1 aromatic rings. The third kappa shape index (κ3) is 2.27. The second-order valence-corrected chi connectivity index (χ2v) is 4.89. The summed E-state index contributed by atoms with van der Waals surface area (Å²) in [6.45, 7) is 4.21. The van der Waals surface area contributed by atoms with Crippen LogP contribution in [-0.4, -0.2) is 13.1 Å². The van der Waals surface area contributed by atoms with Crippen molar-refractivity contribution in [3.8, 4) is 0 Å². The van der Waals surface area contributed by atoms with Crippen molar-refractivity contribution in [2.45, 2.75) is 32.6 Å². The van der Waals surface area contributed by atoms with Crippen molar-refractivity contribution in [1.29, 1.82) is 0 Å². The van der Waals surface area contributed by atoms with E-state index in [0.717, 1.165) is 35.1 Å². The number of halogens is 1. The molecule has 0 unspecified atom stereocenters. The fraction of sp³-hybridized carbons (Fsp3) is 0.538. The monoisotopic (exact) mass is 238 g/mol. The molecule has 0 amide bonds. The van der Waals surface area contributed by atoms with Gasteiger partial charge >= 0.3 is 0 Å². The Hall–Kier alpha value is -0.890. The van der Waals surface area contributed by atoms with Crippen LogP contribution >= 0.6 is 11.6 Å². The average molecular weight is 239 g/mol. The molecule has 0 spiro atoms. The lowest BCUT2D eigenvalue weighted by Gasteiger charge is -2.24. The standard InChI is InChI=1S/C13H19ClN2/c1-10-11(15)6-7-12(13(10)14)16-8-4-2-3-5-9-16/h6-7H,2-5,8-9,15H2,1H3. The molecule has 16 heavy (non-hydrogen) atoms. The molecule has 2 rings (SSSR count). The Morgan fingerprint density at radius 3 is 2.38 bits per heavy atom. The van der Waals surface area contributed by atoms with Gasteiger partial charge in [-0.05, 0) is 37.5 Å². The van der Waals surface area contributed by atoms with Gasteiger partial charge in [0.25, 0.3) is 0 Å². The summed E-state index contributed by atoms with van der Waals surface area (Å²) in [4.78, 5) is 2.39. The van der Waals surface area contributed by atoms with Crippen LogP contribution in [0.5, 0.6) is 0 Å². The zero-order chi connectivity index (χ0) is 11.5. The number of hydrogen-bond acceptors (Lipinski definition) is 2. The molecule has 1 fully saturated rings. The van der Waals surface area contributed by atoms with Crippen LogP contribution < -0.4 is 10.6 Å². The molecule has 0 radical (unpaired) electrons. The number of nitrogen functional groups attached to an aromatic ring is 1. The molecule has 0 aromatic heterocycles. The van der Waals surface area contributed by atoms with Crippen molar-refractivity contribution < 1.29 is 0 Å². The highest BCUT2D eigenvalue weighted by Crippen LogP contribution is 2.33. The summed E-state index contributed by atoms with van der Waals surface area (Å²) in [7, 11) is 0. The third-order valence-corrected chi connectivity index (χ3v) is 3.83. The first-order valence-corrected chi connectivity index (χ1v) is 6.37. The molecule has 1 aliphatic heterocycles. The Kier molecular flexibility index (Phi) is 3.59. The van der Waals surface area contributed by atoms with E-state index in [1.807, 2.05) is 13.0 Å². The van der Waals surface area contributed by atoms with Crippen molar-refractivity contribution in [3.05, 3.63) is 22.7 Å². The van der Waals surface area contributed by atoms with Crippen LogP contribution in [0.2, 0.25) is 5.02 Å². The van der Waals surface area contributed by atoms with Gasteiger partial charge in [0.05, 0.1) is 10.7 Å². The predicted octanol–water partition coefficient (Wildman–Crippen LogP) is 3.61. The van der Waals surface area contributed by atoms with Crippen LogP contribution in [0, 0.1) is 6.92 Å². The molecule has 88 valence electrons. The summed E-state index contributed by atoms with van der Waals surface area (Å²) in [6.07, 6.45) is 5.20. The van der Waals surface area contributed by atoms with Gasteiger partial charge in [-0.1, -0.05) is 24.4 Å². The molecule has 0 aliphatic carbocycles. The van der Waals surface area contributed by atoms with Crippen molar-refractivity contribution in [2.75, 3.05) is 23.7 Å². The molecule has 1 saturated heterocycles. The quantitative estimate of drug-likeness (QED) is 0.758. The second-order valence-electron chi connectivity index (χ2n) is 4.51. The van der Waals surface area contributed by atoms with Gasteiger partial charge in [-0.25, -0.2) is 0 Å². The van der Waals surface area contributed by atoms with Gasteiger partial charge in [0.2, 0.25) is 0 Å². The van der Waals surface area contributed by atoms with Gasteiger partial charge in [0, 0.05) is 18.8 Å². The summed E-state index contributed by atoms with van der Waals surface area (Å²) >= 11 is 6.36. The summed E-state index contributed by atoms with van der Waals surface area (Å²) in [5, 5.41) is 0.821. The predicted molar refractivity (Wildman–Crippen MR) is 71.3 cm³/mol. The van der Waals surface area contributed by atoms with Crippen molar-refractivity contribution >= 4 is 23.0 Å². The molecule has 0 bridgehead atoms. The van der Waals surface area contributed by atoms with Crippen LogP contribution in [0.4, 0.5) is 11.4 Å². The van der Waals surface area contributed by atoms with Crippen molar-refractivity contribution in [2.24, 2.45) is 0 Å². The lowest BCUT2D eigenvalue weighted by Crippen LogP contribution is -2.24. The van der Waals surface area contributed by atoms with Crippen molar-refractivity contribution in [1.82, 2.24) is 0 Å². The SMILES string of the molecule is Cc1c(N)ccc(N2CCCCCC2)c1Cl. The van der Waals surface area contributed by atoms with E-state index in [4.69, 9.17) is 17.3 Å². The molecule has 3 heteroatoms. The highest BCUT2D eigenvalue weighted by molar-refractivity contribution is 6.34. The summed E-state index contributed by atoms with van der Waals surface area (Å²) < 4.78 is 0. The van der Waals surface area contributed by atoms with Crippen LogP contribution in [0.25, 0.3) is 0 Å². The molecule has 1 aliphatic rings. The normalized spacial score (nSPS) is 17.2. The molecule has 2 N–H and O–H groups in total. The summed E-state index contributed by atoms with van der Waals surface area (Å²) in [5.74, 6) is 0. The molecular weight excluding hydrogens is 220 g/mol. The minimum absolute atomic E-state index is 0.781. The van der Waals surface area contributed by atoms with Gasteiger partial charge in [0.15, 0.2) is 0 Å². The molecule has 1 heterocycles. The number of nitrogens with two attached hydrogens (primary N) is 1. The van der Waals surface area contributed by atoms with E-state index in [1.54, 1.807) is 0 Å². The smallest absolute Gasteiger partial charge is 0.0689 e. The number of rotatable bonds is 1. The highest BCUT2D eigenvalue weighted by atomic mass is 35.5. The number of benzene rings is 1. The van der Waals surface area contributed by atoms with Gasteiger partial charge in [-0.3, -0.25) is 0 Å². The van der Waals surface area contributed by atoms with E-state index in [1.165, 1.54) is 25.7 Å². The number of anilines is 2.